The van der Waals surface area contributed by atoms with E-state index in [1.54, 1.807) is 7.05 Å². The van der Waals surface area contributed by atoms with Crippen molar-refractivity contribution in [1.82, 2.24) is 10.2 Å². The number of halogens is 1. The van der Waals surface area contributed by atoms with Crippen LogP contribution in [0.2, 0.25) is 0 Å². The molecule has 20 heavy (non-hydrogen) atoms. The largest absolute Gasteiger partial charge is 0.359 e. The molecule has 5 nitrogen and oxygen atoms in total. The molecule has 0 aromatic rings. The molecule has 3 atom stereocenters. The molecule has 1 aliphatic heterocycles. The summed E-state index contributed by atoms with van der Waals surface area (Å²) >= 11 is 0. The van der Waals surface area contributed by atoms with Crippen LogP contribution in [0.4, 0.5) is 0 Å². The van der Waals surface area contributed by atoms with Crippen molar-refractivity contribution in [3.8, 4) is 0 Å². The Bertz CT molecular complexity index is 351. The normalized spacial score (nSPS) is 29.7. The number of piperidine rings is 1. The Morgan fingerprint density at radius 3 is 2.60 bits per heavy atom. The molecule has 2 amide bonds. The molecular weight excluding hydrogens is 278 g/mol. The number of carbonyl (C=O) groups is 2. The lowest BCUT2D eigenvalue weighted by Gasteiger charge is -2.32. The maximum absolute atomic E-state index is 12.3. The van der Waals surface area contributed by atoms with Crippen LogP contribution in [0.1, 0.15) is 38.5 Å². The fraction of sp³-hybridized carbons (Fsp3) is 0.857. The number of rotatable bonds is 3. The average Bonchev–Trinajstić information content (AvgIpc) is 2.83. The predicted molar refractivity (Wildman–Crippen MR) is 80.6 cm³/mol. The number of nitrogens with zero attached hydrogens (tertiary/aromatic N) is 1. The number of hydrogen-bond donors (Lipinski definition) is 2. The molecule has 0 aromatic carbocycles. The maximum Gasteiger partial charge on any atom is 0.224 e. The zero-order valence-electron chi connectivity index (χ0n) is 12.1. The van der Waals surface area contributed by atoms with Gasteiger partial charge in [-0.15, -0.1) is 12.4 Å². The molecule has 1 saturated carbocycles. The Balaban J connectivity index is 0.00000200. The molecular formula is C14H26ClN3O2. The molecule has 116 valence electrons. The zero-order valence-corrected chi connectivity index (χ0v) is 13.0. The van der Waals surface area contributed by atoms with Gasteiger partial charge in [0.05, 0.1) is 5.92 Å². The van der Waals surface area contributed by atoms with Crippen LogP contribution >= 0.6 is 12.4 Å². The summed E-state index contributed by atoms with van der Waals surface area (Å²) in [6, 6.07) is 0.184. The lowest BCUT2D eigenvalue weighted by atomic mass is 9.95. The summed E-state index contributed by atoms with van der Waals surface area (Å²) in [6.07, 6.45) is 5.60. The van der Waals surface area contributed by atoms with E-state index in [-0.39, 0.29) is 36.2 Å². The van der Waals surface area contributed by atoms with E-state index in [9.17, 15) is 9.59 Å². The van der Waals surface area contributed by atoms with E-state index >= 15 is 0 Å². The highest BCUT2D eigenvalue weighted by atomic mass is 35.5. The van der Waals surface area contributed by atoms with E-state index in [1.807, 2.05) is 4.90 Å². The second kappa shape index (κ2) is 7.84. The van der Waals surface area contributed by atoms with Gasteiger partial charge in [-0.1, -0.05) is 6.42 Å². The third-order valence-electron chi connectivity index (χ3n) is 4.55. The van der Waals surface area contributed by atoms with Crippen molar-refractivity contribution >= 4 is 24.2 Å². The molecule has 0 aromatic heterocycles. The summed E-state index contributed by atoms with van der Waals surface area (Å²) in [4.78, 5) is 25.8. The van der Waals surface area contributed by atoms with Crippen LogP contribution in [0.3, 0.4) is 0 Å². The monoisotopic (exact) mass is 303 g/mol. The summed E-state index contributed by atoms with van der Waals surface area (Å²) in [7, 11) is 1.65. The maximum atomic E-state index is 12.3. The number of hydrogen-bond acceptors (Lipinski definition) is 3. The van der Waals surface area contributed by atoms with Crippen LogP contribution in [0.5, 0.6) is 0 Å². The topological polar surface area (TPSA) is 75.4 Å². The summed E-state index contributed by atoms with van der Waals surface area (Å²) in [5.74, 6) is 0.527. The Hall–Kier alpha value is -0.810. The first-order valence-corrected chi connectivity index (χ1v) is 7.36. The van der Waals surface area contributed by atoms with Gasteiger partial charge < -0.3 is 16.0 Å². The minimum atomic E-state index is -0.0417. The van der Waals surface area contributed by atoms with Gasteiger partial charge in [0.15, 0.2) is 0 Å². The minimum Gasteiger partial charge on any atom is -0.359 e. The van der Waals surface area contributed by atoms with Gasteiger partial charge in [0, 0.05) is 32.6 Å². The minimum absolute atomic E-state index is 0. The molecule has 0 bridgehead atoms. The number of nitrogens with one attached hydrogen (secondary N) is 1. The van der Waals surface area contributed by atoms with Crippen LogP contribution in [-0.4, -0.2) is 42.9 Å². The average molecular weight is 304 g/mol. The molecule has 2 fully saturated rings. The van der Waals surface area contributed by atoms with Crippen molar-refractivity contribution in [1.29, 1.82) is 0 Å². The van der Waals surface area contributed by atoms with Crippen molar-refractivity contribution in [2.45, 2.75) is 44.6 Å². The number of nitrogens with two attached hydrogens (primary N) is 1. The fourth-order valence-corrected chi connectivity index (χ4v) is 3.29. The molecule has 3 N–H and O–H groups in total. The van der Waals surface area contributed by atoms with Gasteiger partial charge in [-0.3, -0.25) is 9.59 Å². The fourth-order valence-electron chi connectivity index (χ4n) is 3.29. The highest BCUT2D eigenvalue weighted by molar-refractivity contribution is 5.85. The molecule has 2 aliphatic rings. The van der Waals surface area contributed by atoms with Gasteiger partial charge in [-0.05, 0) is 31.6 Å². The quantitative estimate of drug-likeness (QED) is 0.814. The molecule has 0 radical (unpaired) electrons. The summed E-state index contributed by atoms with van der Waals surface area (Å²) < 4.78 is 0. The second-order valence-corrected chi connectivity index (χ2v) is 5.85. The standard InChI is InChI=1S/C14H25N3O2.ClH/c1-16-14(19)11-5-3-7-17(9-11)13(18)8-10-4-2-6-12(10)15;/h10-12H,2-9,15H2,1H3,(H,16,19);1H/t10-,11?,12+;/m0./s1. The Labute approximate surface area is 127 Å². The van der Waals surface area contributed by atoms with E-state index in [0.717, 1.165) is 38.6 Å². The zero-order chi connectivity index (χ0) is 13.8. The smallest absolute Gasteiger partial charge is 0.224 e. The van der Waals surface area contributed by atoms with Gasteiger partial charge in [-0.25, -0.2) is 0 Å². The van der Waals surface area contributed by atoms with E-state index in [2.05, 4.69) is 5.32 Å². The number of carbonyl (C=O) groups excluding carboxylic acids is 2. The first-order chi connectivity index (χ1) is 9.11. The van der Waals surface area contributed by atoms with Crippen LogP contribution in [-0.2, 0) is 9.59 Å². The van der Waals surface area contributed by atoms with Crippen LogP contribution in [0.25, 0.3) is 0 Å². The van der Waals surface area contributed by atoms with Crippen molar-refractivity contribution in [2.24, 2.45) is 17.6 Å². The second-order valence-electron chi connectivity index (χ2n) is 5.85. The van der Waals surface area contributed by atoms with E-state index in [1.165, 1.54) is 0 Å². The molecule has 0 spiro atoms. The van der Waals surface area contributed by atoms with Gasteiger partial charge in [0.25, 0.3) is 0 Å². The Morgan fingerprint density at radius 2 is 2.00 bits per heavy atom. The number of amides is 2. The first-order valence-electron chi connectivity index (χ1n) is 7.36. The van der Waals surface area contributed by atoms with Gasteiger partial charge >= 0.3 is 0 Å². The highest BCUT2D eigenvalue weighted by Crippen LogP contribution is 2.28. The lowest BCUT2D eigenvalue weighted by molar-refractivity contribution is -0.136. The van der Waals surface area contributed by atoms with Gasteiger partial charge in [-0.2, -0.15) is 0 Å². The molecule has 6 heteroatoms. The third-order valence-corrected chi connectivity index (χ3v) is 4.55. The van der Waals surface area contributed by atoms with Crippen LogP contribution < -0.4 is 11.1 Å². The molecule has 1 saturated heterocycles. The highest BCUT2D eigenvalue weighted by Gasteiger charge is 2.31. The van der Waals surface area contributed by atoms with Crippen molar-refractivity contribution in [3.63, 3.8) is 0 Å². The molecule has 1 heterocycles. The predicted octanol–water partition coefficient (Wildman–Crippen LogP) is 0.910. The van der Waals surface area contributed by atoms with Crippen molar-refractivity contribution in [3.05, 3.63) is 0 Å². The lowest BCUT2D eigenvalue weighted by Crippen LogP contribution is -2.45. The van der Waals surface area contributed by atoms with Gasteiger partial charge in [0.2, 0.25) is 11.8 Å². The van der Waals surface area contributed by atoms with E-state index < -0.39 is 0 Å². The summed E-state index contributed by atoms with van der Waals surface area (Å²) in [6.45, 7) is 1.36. The first kappa shape index (κ1) is 17.2. The van der Waals surface area contributed by atoms with E-state index in [0.29, 0.717) is 18.9 Å². The number of likely N-dealkylation sites (tertiary alicyclic amines) is 1. The Morgan fingerprint density at radius 1 is 1.25 bits per heavy atom. The molecule has 2 rings (SSSR count). The van der Waals surface area contributed by atoms with Gasteiger partial charge in [0.1, 0.15) is 0 Å². The summed E-state index contributed by atoms with van der Waals surface area (Å²) in [5, 5.41) is 2.68. The summed E-state index contributed by atoms with van der Waals surface area (Å²) in [5.41, 5.74) is 6.02. The Kier molecular flexibility index (Phi) is 6.76. The van der Waals surface area contributed by atoms with Crippen molar-refractivity contribution in [2.75, 3.05) is 20.1 Å². The SMILES string of the molecule is CNC(=O)C1CCCN(C(=O)C[C@@H]2CCC[C@H]2N)C1.Cl. The van der Waals surface area contributed by atoms with Crippen LogP contribution in [0, 0.1) is 11.8 Å². The molecule has 1 unspecified atom stereocenters. The molecule has 1 aliphatic carbocycles. The van der Waals surface area contributed by atoms with E-state index in [4.69, 9.17) is 5.73 Å². The van der Waals surface area contributed by atoms with Crippen LogP contribution in [0.15, 0.2) is 0 Å². The van der Waals surface area contributed by atoms with Crippen molar-refractivity contribution < 1.29 is 9.59 Å². The third kappa shape index (κ3) is 4.09.